The third kappa shape index (κ3) is 3.38. The van der Waals surface area contributed by atoms with Crippen LogP contribution in [0.1, 0.15) is 13.8 Å². The molecule has 0 saturated carbocycles. The van der Waals surface area contributed by atoms with Gasteiger partial charge in [0, 0.05) is 0 Å². The number of ether oxygens (including phenoxy) is 1. The molecule has 0 aromatic heterocycles. The van der Waals surface area contributed by atoms with Crippen molar-refractivity contribution in [3.05, 3.63) is 54.6 Å². The van der Waals surface area contributed by atoms with Crippen LogP contribution in [0.15, 0.2) is 54.6 Å². The highest BCUT2D eigenvalue weighted by Crippen LogP contribution is 2.23. The van der Waals surface area contributed by atoms with E-state index in [1.54, 1.807) is 13.8 Å². The van der Waals surface area contributed by atoms with E-state index in [9.17, 15) is 4.79 Å². The van der Waals surface area contributed by atoms with Gasteiger partial charge in [0.2, 0.25) is 5.91 Å². The highest BCUT2D eigenvalue weighted by Gasteiger charge is 2.25. The van der Waals surface area contributed by atoms with E-state index in [2.05, 4.69) is 12.1 Å². The number of nitrogens with two attached hydrogens (primary N) is 1. The first-order valence-corrected chi connectivity index (χ1v) is 6.57. The van der Waals surface area contributed by atoms with E-state index in [4.69, 9.17) is 10.5 Å². The molecule has 3 nitrogen and oxygen atoms in total. The Morgan fingerprint density at radius 3 is 2.10 bits per heavy atom. The van der Waals surface area contributed by atoms with Crippen molar-refractivity contribution in [2.24, 2.45) is 11.1 Å². The molecule has 0 saturated heterocycles. The van der Waals surface area contributed by atoms with E-state index in [1.165, 1.54) is 0 Å². The van der Waals surface area contributed by atoms with Crippen LogP contribution in [0.25, 0.3) is 11.1 Å². The van der Waals surface area contributed by atoms with Gasteiger partial charge < -0.3 is 10.5 Å². The second-order valence-corrected chi connectivity index (χ2v) is 5.43. The number of hydrogen-bond donors (Lipinski definition) is 1. The highest BCUT2D eigenvalue weighted by atomic mass is 16.5. The minimum atomic E-state index is -0.669. The normalized spacial score (nSPS) is 11.1. The molecule has 1 amide bonds. The van der Waals surface area contributed by atoms with Gasteiger partial charge in [0.05, 0.1) is 5.41 Å². The molecular weight excluding hydrogens is 250 g/mol. The maximum absolute atomic E-state index is 11.2. The lowest BCUT2D eigenvalue weighted by Gasteiger charge is -2.20. The quantitative estimate of drug-likeness (QED) is 0.906. The molecule has 0 heterocycles. The summed E-state index contributed by atoms with van der Waals surface area (Å²) in [6, 6.07) is 17.9. The zero-order valence-electron chi connectivity index (χ0n) is 11.8. The zero-order chi connectivity index (χ0) is 14.6. The van der Waals surface area contributed by atoms with E-state index in [0.29, 0.717) is 0 Å². The van der Waals surface area contributed by atoms with Crippen LogP contribution in [-0.2, 0) is 4.79 Å². The van der Waals surface area contributed by atoms with Crippen molar-refractivity contribution in [2.75, 3.05) is 6.61 Å². The SMILES string of the molecule is CC(C)(COc1ccc(-c2ccccc2)cc1)C(N)=O. The van der Waals surface area contributed by atoms with Crippen molar-refractivity contribution >= 4 is 5.91 Å². The maximum atomic E-state index is 11.2. The van der Waals surface area contributed by atoms with Gasteiger partial charge in [-0.15, -0.1) is 0 Å². The van der Waals surface area contributed by atoms with Gasteiger partial charge in [-0.2, -0.15) is 0 Å². The fraction of sp³-hybridized carbons (Fsp3) is 0.235. The standard InChI is InChI=1S/C17H19NO2/c1-17(2,16(18)19)12-20-15-10-8-14(9-11-15)13-6-4-3-5-7-13/h3-11H,12H2,1-2H3,(H2,18,19). The average molecular weight is 269 g/mol. The molecule has 20 heavy (non-hydrogen) atoms. The van der Waals surface area contributed by atoms with Crippen LogP contribution < -0.4 is 10.5 Å². The Labute approximate surface area is 119 Å². The van der Waals surface area contributed by atoms with Crippen LogP contribution in [0.5, 0.6) is 5.75 Å². The zero-order valence-corrected chi connectivity index (χ0v) is 11.8. The summed E-state index contributed by atoms with van der Waals surface area (Å²) in [4.78, 5) is 11.2. The largest absolute Gasteiger partial charge is 0.492 e. The topological polar surface area (TPSA) is 52.3 Å². The third-order valence-corrected chi connectivity index (χ3v) is 3.23. The molecule has 0 aliphatic heterocycles. The molecule has 104 valence electrons. The van der Waals surface area contributed by atoms with Crippen LogP contribution in [0.2, 0.25) is 0 Å². The second kappa shape index (κ2) is 5.78. The van der Waals surface area contributed by atoms with Crippen LogP contribution in [-0.4, -0.2) is 12.5 Å². The Kier molecular flexibility index (Phi) is 4.08. The first-order valence-electron chi connectivity index (χ1n) is 6.57. The smallest absolute Gasteiger partial charge is 0.226 e. The Balaban J connectivity index is 2.04. The van der Waals surface area contributed by atoms with E-state index in [-0.39, 0.29) is 12.5 Å². The minimum Gasteiger partial charge on any atom is -0.492 e. The lowest BCUT2D eigenvalue weighted by Crippen LogP contribution is -2.36. The Hall–Kier alpha value is -2.29. The third-order valence-electron chi connectivity index (χ3n) is 3.23. The summed E-state index contributed by atoms with van der Waals surface area (Å²) >= 11 is 0. The molecule has 0 atom stereocenters. The maximum Gasteiger partial charge on any atom is 0.226 e. The molecule has 0 aliphatic carbocycles. The molecular formula is C17H19NO2. The van der Waals surface area contributed by atoms with Gasteiger partial charge in [-0.1, -0.05) is 42.5 Å². The Morgan fingerprint density at radius 1 is 1.00 bits per heavy atom. The first kappa shape index (κ1) is 14.1. The van der Waals surface area contributed by atoms with Crippen molar-refractivity contribution in [3.63, 3.8) is 0 Å². The molecule has 0 radical (unpaired) electrons. The minimum absolute atomic E-state index is 0.271. The summed E-state index contributed by atoms with van der Waals surface area (Å²) in [6.45, 7) is 3.81. The van der Waals surface area contributed by atoms with Crippen molar-refractivity contribution in [1.82, 2.24) is 0 Å². The van der Waals surface area contributed by atoms with Gasteiger partial charge >= 0.3 is 0 Å². The number of rotatable bonds is 5. The summed E-state index contributed by atoms with van der Waals surface area (Å²) in [6.07, 6.45) is 0. The monoisotopic (exact) mass is 269 g/mol. The van der Waals surface area contributed by atoms with E-state index >= 15 is 0 Å². The lowest BCUT2D eigenvalue weighted by molar-refractivity contribution is -0.127. The van der Waals surface area contributed by atoms with Gasteiger partial charge in [0.15, 0.2) is 0 Å². The molecule has 3 heteroatoms. The number of amides is 1. The molecule has 0 unspecified atom stereocenters. The van der Waals surface area contributed by atoms with E-state index in [0.717, 1.165) is 16.9 Å². The van der Waals surface area contributed by atoms with Crippen LogP contribution in [0, 0.1) is 5.41 Å². The lowest BCUT2D eigenvalue weighted by atomic mass is 9.94. The number of hydrogen-bond acceptors (Lipinski definition) is 2. The fourth-order valence-corrected chi connectivity index (χ4v) is 1.71. The molecule has 2 aromatic carbocycles. The summed E-state index contributed by atoms with van der Waals surface area (Å²) in [5, 5.41) is 0. The highest BCUT2D eigenvalue weighted by molar-refractivity contribution is 5.80. The summed E-state index contributed by atoms with van der Waals surface area (Å²) in [7, 11) is 0. The first-order chi connectivity index (χ1) is 9.49. The number of carbonyl (C=O) groups excluding carboxylic acids is 1. The number of carbonyl (C=O) groups is 1. The molecule has 2 N–H and O–H groups in total. The van der Waals surface area contributed by atoms with Crippen LogP contribution >= 0.6 is 0 Å². The van der Waals surface area contributed by atoms with Crippen molar-refractivity contribution in [3.8, 4) is 16.9 Å². The van der Waals surface area contributed by atoms with Crippen molar-refractivity contribution < 1.29 is 9.53 Å². The van der Waals surface area contributed by atoms with Crippen LogP contribution in [0.3, 0.4) is 0 Å². The van der Waals surface area contributed by atoms with Crippen molar-refractivity contribution in [1.29, 1.82) is 0 Å². The van der Waals surface area contributed by atoms with E-state index in [1.807, 2.05) is 42.5 Å². The number of benzene rings is 2. The van der Waals surface area contributed by atoms with Gasteiger partial charge in [0.25, 0.3) is 0 Å². The molecule has 2 aromatic rings. The van der Waals surface area contributed by atoms with Gasteiger partial charge in [-0.25, -0.2) is 0 Å². The van der Waals surface area contributed by atoms with Crippen molar-refractivity contribution in [2.45, 2.75) is 13.8 Å². The molecule has 0 aliphatic rings. The predicted molar refractivity (Wildman–Crippen MR) is 80.3 cm³/mol. The molecule has 0 spiro atoms. The van der Waals surface area contributed by atoms with Crippen LogP contribution in [0.4, 0.5) is 0 Å². The Morgan fingerprint density at radius 2 is 1.55 bits per heavy atom. The number of primary amides is 1. The predicted octanol–water partition coefficient (Wildman–Crippen LogP) is 3.24. The summed E-state index contributed by atoms with van der Waals surface area (Å²) < 4.78 is 5.62. The molecule has 0 fully saturated rings. The summed E-state index contributed by atoms with van der Waals surface area (Å²) in [5.41, 5.74) is 6.94. The van der Waals surface area contributed by atoms with E-state index < -0.39 is 5.41 Å². The molecule has 0 bridgehead atoms. The molecule has 2 rings (SSSR count). The fourth-order valence-electron chi connectivity index (χ4n) is 1.71. The Bertz CT molecular complexity index is 574. The van der Waals surface area contributed by atoms with Gasteiger partial charge in [0.1, 0.15) is 12.4 Å². The second-order valence-electron chi connectivity index (χ2n) is 5.43. The van der Waals surface area contributed by atoms with Gasteiger partial charge in [-0.05, 0) is 37.1 Å². The average Bonchev–Trinajstić information content (AvgIpc) is 2.46. The summed E-state index contributed by atoms with van der Waals surface area (Å²) in [5.74, 6) is 0.373. The van der Waals surface area contributed by atoms with Gasteiger partial charge in [-0.3, -0.25) is 4.79 Å².